The van der Waals surface area contributed by atoms with Crippen LogP contribution in [0.2, 0.25) is 0 Å². The number of esters is 1. The summed E-state index contributed by atoms with van der Waals surface area (Å²) in [5.74, 6) is -2.98. The Kier molecular flexibility index (Phi) is 5.16. The topological polar surface area (TPSA) is 83.8 Å². The molecule has 5 nitrogen and oxygen atoms in total. The first-order valence-corrected chi connectivity index (χ1v) is 6.91. The van der Waals surface area contributed by atoms with Crippen LogP contribution >= 0.6 is 42.4 Å². The fourth-order valence-electron chi connectivity index (χ4n) is 0.604. The molecule has 0 rings (SSSR count). The zero-order valence-electron chi connectivity index (χ0n) is 8.78. The molecule has 0 aromatic rings. The molecule has 0 amide bonds. The van der Waals surface area contributed by atoms with E-state index in [4.69, 9.17) is 44.6 Å². The van der Waals surface area contributed by atoms with Gasteiger partial charge in [0, 0.05) is 0 Å². The van der Waals surface area contributed by atoms with Gasteiger partial charge in [-0.05, 0) is 20.8 Å². The van der Waals surface area contributed by atoms with Gasteiger partial charge in [0.1, 0.15) is 0 Å². The third kappa shape index (κ3) is 5.21. The second kappa shape index (κ2) is 5.01. The van der Waals surface area contributed by atoms with Gasteiger partial charge >= 0.3 is 13.6 Å². The number of ether oxygens (including phenoxy) is 1. The maximum Gasteiger partial charge on any atom is 0.370 e. The molecule has 1 unspecified atom stereocenters. The fraction of sp³-hybridized carbons (Fsp3) is 0.857. The van der Waals surface area contributed by atoms with Gasteiger partial charge in [-0.2, -0.15) is 0 Å². The number of halogens is 3. The van der Waals surface area contributed by atoms with E-state index in [1.165, 1.54) is 20.8 Å². The minimum Gasteiger partial charge on any atom is -0.444 e. The van der Waals surface area contributed by atoms with Crippen molar-refractivity contribution in [1.29, 1.82) is 0 Å². The molecule has 0 aromatic carbocycles. The first-order valence-electron chi connectivity index (χ1n) is 4.09. The van der Waals surface area contributed by atoms with Crippen LogP contribution in [-0.2, 0) is 14.1 Å². The van der Waals surface area contributed by atoms with Gasteiger partial charge in [0.15, 0.2) is 0 Å². The Balaban J connectivity index is 5.01. The van der Waals surface area contributed by atoms with Gasteiger partial charge in [0.2, 0.25) is 9.64 Å². The molecule has 0 aliphatic heterocycles. The molecule has 0 bridgehead atoms. The number of alkyl halides is 3. The Hall–Kier alpha value is 0.490. The van der Waals surface area contributed by atoms with Crippen molar-refractivity contribution in [1.82, 2.24) is 0 Å². The van der Waals surface area contributed by atoms with Crippen molar-refractivity contribution in [2.75, 3.05) is 0 Å². The normalized spacial score (nSPS) is 15.8. The number of carbonyl (C=O) groups excluding carboxylic acids is 1. The number of hydrogen-bond acceptors (Lipinski definition) is 3. The monoisotopic (exact) mass is 312 g/mol. The van der Waals surface area contributed by atoms with Crippen LogP contribution in [0.25, 0.3) is 0 Å². The van der Waals surface area contributed by atoms with Crippen LogP contribution in [-0.4, -0.2) is 25.4 Å². The minimum absolute atomic E-state index is 0.868. The zero-order valence-corrected chi connectivity index (χ0v) is 11.9. The van der Waals surface area contributed by atoms with Crippen LogP contribution in [0.4, 0.5) is 0 Å². The molecular weight excluding hydrogens is 301 g/mol. The van der Waals surface area contributed by atoms with Crippen molar-refractivity contribution in [2.24, 2.45) is 5.41 Å². The number of carbonyl (C=O) groups is 1. The Morgan fingerprint density at radius 2 is 1.62 bits per heavy atom. The highest BCUT2D eigenvalue weighted by Crippen LogP contribution is 2.53. The van der Waals surface area contributed by atoms with Gasteiger partial charge < -0.3 is 14.5 Å². The van der Waals surface area contributed by atoms with E-state index in [0.717, 1.165) is 0 Å². The van der Waals surface area contributed by atoms with Crippen LogP contribution in [0.1, 0.15) is 20.8 Å². The summed E-state index contributed by atoms with van der Waals surface area (Å²) < 4.78 is 13.2. The predicted molar refractivity (Wildman–Crippen MR) is 61.7 cm³/mol. The molecule has 0 fully saturated rings. The smallest absolute Gasteiger partial charge is 0.370 e. The summed E-state index contributed by atoms with van der Waals surface area (Å²) in [5, 5.41) is 0. The third-order valence-electron chi connectivity index (χ3n) is 1.42. The molecule has 0 spiro atoms. The second-order valence-electron chi connectivity index (χ2n) is 4.14. The van der Waals surface area contributed by atoms with Gasteiger partial charge in [0.05, 0.1) is 5.41 Å². The van der Waals surface area contributed by atoms with Crippen molar-refractivity contribution in [2.45, 2.75) is 30.4 Å². The molecule has 9 heteroatoms. The lowest BCUT2D eigenvalue weighted by Crippen LogP contribution is -2.35. The maximum atomic E-state index is 11.4. The zero-order chi connectivity index (χ0) is 13.4. The van der Waals surface area contributed by atoms with E-state index in [0.29, 0.717) is 0 Å². The van der Waals surface area contributed by atoms with E-state index in [-0.39, 0.29) is 0 Å². The van der Waals surface area contributed by atoms with Crippen LogP contribution in [0.5, 0.6) is 0 Å². The summed E-state index contributed by atoms with van der Waals surface area (Å²) in [6, 6.07) is 0. The molecule has 2 N–H and O–H groups in total. The van der Waals surface area contributed by atoms with Gasteiger partial charge in [-0.3, -0.25) is 9.36 Å². The molecule has 0 heterocycles. The molecule has 1 atom stereocenters. The predicted octanol–water partition coefficient (Wildman–Crippen LogP) is 2.45. The van der Waals surface area contributed by atoms with Crippen LogP contribution in [0.3, 0.4) is 0 Å². The molecule has 0 aromatic heterocycles. The van der Waals surface area contributed by atoms with Crippen molar-refractivity contribution in [3.05, 3.63) is 0 Å². The van der Waals surface area contributed by atoms with E-state index >= 15 is 0 Å². The van der Waals surface area contributed by atoms with Gasteiger partial charge in [-0.25, -0.2) is 0 Å². The second-order valence-corrected chi connectivity index (χ2v) is 8.15. The van der Waals surface area contributed by atoms with E-state index < -0.39 is 28.6 Å². The average Bonchev–Trinajstić information content (AvgIpc) is 1.92. The highest BCUT2D eigenvalue weighted by Gasteiger charge is 2.49. The number of hydrogen-bond donors (Lipinski definition) is 2. The third-order valence-corrected chi connectivity index (χ3v) is 3.57. The van der Waals surface area contributed by atoms with Crippen LogP contribution in [0, 0.1) is 5.41 Å². The molecule has 0 aliphatic rings. The molecular formula is C7H12Cl3O5P. The van der Waals surface area contributed by atoms with E-state index in [1.54, 1.807) is 0 Å². The summed E-state index contributed by atoms with van der Waals surface area (Å²) >= 11 is 16.0. The molecule has 0 saturated carbocycles. The van der Waals surface area contributed by atoms with Gasteiger partial charge in [-0.15, -0.1) is 0 Å². The Morgan fingerprint density at radius 1 is 1.25 bits per heavy atom. The van der Waals surface area contributed by atoms with E-state index in [2.05, 4.69) is 4.74 Å². The lowest BCUT2D eigenvalue weighted by molar-refractivity contribution is -0.155. The minimum atomic E-state index is -4.86. The van der Waals surface area contributed by atoms with Gasteiger partial charge in [-0.1, -0.05) is 34.8 Å². The molecule has 16 heavy (non-hydrogen) atoms. The highest BCUT2D eigenvalue weighted by atomic mass is 35.6. The van der Waals surface area contributed by atoms with Crippen LogP contribution in [0.15, 0.2) is 0 Å². The van der Waals surface area contributed by atoms with Crippen LogP contribution < -0.4 is 0 Å². The first kappa shape index (κ1) is 16.5. The van der Waals surface area contributed by atoms with Gasteiger partial charge in [0.25, 0.3) is 0 Å². The molecule has 96 valence electrons. The van der Waals surface area contributed by atoms with E-state index in [9.17, 15) is 9.36 Å². The van der Waals surface area contributed by atoms with Crippen molar-refractivity contribution < 1.29 is 23.9 Å². The number of rotatable bonds is 2. The molecule has 0 saturated heterocycles. The largest absolute Gasteiger partial charge is 0.444 e. The lowest BCUT2D eigenvalue weighted by atomic mass is 9.97. The summed E-state index contributed by atoms with van der Waals surface area (Å²) in [6.45, 7) is 4.51. The lowest BCUT2D eigenvalue weighted by Gasteiger charge is -2.27. The van der Waals surface area contributed by atoms with Crippen molar-refractivity contribution in [3.63, 3.8) is 0 Å². The summed E-state index contributed by atoms with van der Waals surface area (Å²) in [5.41, 5.74) is -0.955. The SMILES string of the molecule is CC(C)(C)C(=O)OC(C(Cl)(Cl)Cl)P(=O)(O)O. The molecule has 0 radical (unpaired) electrons. The van der Waals surface area contributed by atoms with Crippen molar-refractivity contribution in [3.8, 4) is 0 Å². The quantitative estimate of drug-likeness (QED) is 0.465. The molecule has 0 aliphatic carbocycles. The average molecular weight is 314 g/mol. The Morgan fingerprint density at radius 3 is 1.81 bits per heavy atom. The first-order chi connectivity index (χ1) is 6.76. The highest BCUT2D eigenvalue weighted by molar-refractivity contribution is 7.53. The fourth-order valence-corrected chi connectivity index (χ4v) is 2.50. The maximum absolute atomic E-state index is 11.4. The Labute approximate surface area is 108 Å². The summed E-state index contributed by atoms with van der Waals surface area (Å²) in [6.07, 6.45) is 0. The van der Waals surface area contributed by atoms with Crippen molar-refractivity contribution >= 4 is 48.4 Å². The Bertz CT molecular complexity index is 313. The summed E-state index contributed by atoms with van der Waals surface area (Å²) in [7, 11) is -4.86. The van der Waals surface area contributed by atoms with E-state index in [1.807, 2.05) is 0 Å². The standard InChI is InChI=1S/C7H12Cl3O5P/c1-6(2,3)4(11)15-5(7(8,9)10)16(12,13)14/h5H,1-3H3,(H2,12,13,14). The summed E-state index contributed by atoms with van der Waals surface area (Å²) in [4.78, 5) is 29.2.